The number of rotatable bonds is 11. The van der Waals surface area contributed by atoms with Crippen LogP contribution >= 0.6 is 0 Å². The molecule has 0 unspecified atom stereocenters. The summed E-state index contributed by atoms with van der Waals surface area (Å²) in [6.45, 7) is 7.36. The van der Waals surface area contributed by atoms with Crippen molar-refractivity contribution in [3.8, 4) is 17.2 Å². The maximum Gasteiger partial charge on any atom is 0.162 e. The Balaban J connectivity index is 0.000000216. The lowest BCUT2D eigenvalue weighted by Crippen LogP contribution is -2.16. The van der Waals surface area contributed by atoms with E-state index in [9.17, 15) is 9.59 Å². The van der Waals surface area contributed by atoms with Crippen molar-refractivity contribution >= 4 is 12.1 Å². The second-order valence-electron chi connectivity index (χ2n) is 9.34. The number of fused-ring (bicyclic) bond motifs is 1. The number of nitrogens with zero attached hydrogens (tertiary/aromatic N) is 1. The van der Waals surface area contributed by atoms with Gasteiger partial charge in [-0.1, -0.05) is 19.1 Å². The number of hydrogen-bond donors (Lipinski definition) is 1. The molecule has 0 aromatic heterocycles. The Morgan fingerprint density at radius 1 is 1.08 bits per heavy atom. The number of allylic oxidation sites excluding steroid dienone is 1. The maximum atomic E-state index is 11.8. The van der Waals surface area contributed by atoms with E-state index < -0.39 is 0 Å². The lowest BCUT2D eigenvalue weighted by Gasteiger charge is -2.18. The summed E-state index contributed by atoms with van der Waals surface area (Å²) in [5.74, 6) is 2.65. The van der Waals surface area contributed by atoms with E-state index in [2.05, 4.69) is 36.0 Å². The first kappa shape index (κ1) is 30.9. The summed E-state index contributed by atoms with van der Waals surface area (Å²) < 4.78 is 16.0. The molecule has 7 nitrogen and oxygen atoms in total. The van der Waals surface area contributed by atoms with Crippen LogP contribution in [0.3, 0.4) is 0 Å². The Labute approximate surface area is 228 Å². The highest BCUT2D eigenvalue weighted by Crippen LogP contribution is 2.30. The van der Waals surface area contributed by atoms with Gasteiger partial charge in [0.25, 0.3) is 0 Å². The molecule has 2 aliphatic rings. The van der Waals surface area contributed by atoms with Crippen LogP contribution in [0.25, 0.3) is 0 Å². The smallest absolute Gasteiger partial charge is 0.162 e. The second kappa shape index (κ2) is 18.0. The predicted molar refractivity (Wildman–Crippen MR) is 153 cm³/mol. The zero-order valence-corrected chi connectivity index (χ0v) is 23.3. The highest BCUT2D eigenvalue weighted by molar-refractivity contribution is 5.96. The standard InChI is InChI=1S/C14H18O3.C11H15NO2.C6H11N/c1-17-13-9-7-12(8-10-13)14(16)6-4-2-3-5-11-15;1-12-5-4-9-2-3-10-11(8-9)14-7-6-13-10;1-6-4-3-5-7(6)2/h7-11H,2-6H2,1H3;2-3,8,12H,4-7H2,1H3;1,3-5H2,2H3. The number of ether oxygens (including phenoxy) is 3. The summed E-state index contributed by atoms with van der Waals surface area (Å²) in [4.78, 5) is 24.1. The predicted octanol–water partition coefficient (Wildman–Crippen LogP) is 5.47. The Morgan fingerprint density at radius 3 is 2.39 bits per heavy atom. The number of hydrogen-bond acceptors (Lipinski definition) is 7. The maximum absolute atomic E-state index is 11.8. The van der Waals surface area contributed by atoms with Gasteiger partial charge in [-0.25, -0.2) is 0 Å². The van der Waals surface area contributed by atoms with Gasteiger partial charge in [-0.15, -0.1) is 0 Å². The van der Waals surface area contributed by atoms with Gasteiger partial charge in [0.15, 0.2) is 17.3 Å². The van der Waals surface area contributed by atoms with Crippen molar-refractivity contribution in [1.82, 2.24) is 10.2 Å². The molecular weight excluding hydrogens is 480 g/mol. The minimum Gasteiger partial charge on any atom is -0.497 e. The van der Waals surface area contributed by atoms with E-state index in [1.54, 1.807) is 31.4 Å². The molecule has 7 heteroatoms. The van der Waals surface area contributed by atoms with E-state index in [0.717, 1.165) is 61.3 Å². The van der Waals surface area contributed by atoms with Crippen LogP contribution in [0.1, 0.15) is 60.9 Å². The molecule has 4 rings (SSSR count). The van der Waals surface area contributed by atoms with Gasteiger partial charge in [0.05, 0.1) is 7.11 Å². The molecule has 2 aromatic rings. The minimum atomic E-state index is 0.152. The van der Waals surface area contributed by atoms with E-state index in [1.807, 2.05) is 13.1 Å². The molecule has 2 heterocycles. The lowest BCUT2D eigenvalue weighted by molar-refractivity contribution is -0.107. The fourth-order valence-corrected chi connectivity index (χ4v) is 3.99. The van der Waals surface area contributed by atoms with E-state index in [1.165, 1.54) is 30.6 Å². The van der Waals surface area contributed by atoms with Crippen LogP contribution in [-0.2, 0) is 11.2 Å². The van der Waals surface area contributed by atoms with Crippen LogP contribution in [0.4, 0.5) is 0 Å². The molecule has 2 aromatic carbocycles. The normalized spacial score (nSPS) is 13.6. The van der Waals surface area contributed by atoms with Gasteiger partial charge >= 0.3 is 0 Å². The Hall–Kier alpha value is -3.32. The third-order valence-electron chi connectivity index (χ3n) is 6.41. The number of Topliss-reactive ketones (excluding diaryl/α,β-unsaturated/α-hetero) is 1. The molecule has 0 atom stereocenters. The Kier molecular flexibility index (Phi) is 14.7. The van der Waals surface area contributed by atoms with Gasteiger partial charge in [0.1, 0.15) is 25.2 Å². The molecule has 0 radical (unpaired) electrons. The first-order valence-electron chi connectivity index (χ1n) is 13.5. The number of carbonyl (C=O) groups excluding carboxylic acids is 2. The highest BCUT2D eigenvalue weighted by Gasteiger charge is 2.11. The number of aldehydes is 1. The van der Waals surface area contributed by atoms with Crippen LogP contribution in [0, 0.1) is 0 Å². The monoisotopic (exact) mass is 524 g/mol. The summed E-state index contributed by atoms with van der Waals surface area (Å²) in [6.07, 6.45) is 8.24. The molecule has 0 aliphatic carbocycles. The highest BCUT2D eigenvalue weighted by atomic mass is 16.6. The first-order chi connectivity index (χ1) is 18.5. The topological polar surface area (TPSA) is 77.1 Å². The third-order valence-corrected chi connectivity index (χ3v) is 6.41. The molecular formula is C31H44N2O5. The largest absolute Gasteiger partial charge is 0.497 e. The molecule has 1 N–H and O–H groups in total. The summed E-state index contributed by atoms with van der Waals surface area (Å²) >= 11 is 0. The van der Waals surface area contributed by atoms with E-state index in [-0.39, 0.29) is 5.78 Å². The molecule has 1 saturated heterocycles. The number of carbonyl (C=O) groups is 2. The fraction of sp³-hybridized carbons (Fsp3) is 0.484. The van der Waals surface area contributed by atoms with Crippen molar-refractivity contribution < 1.29 is 23.8 Å². The fourth-order valence-electron chi connectivity index (χ4n) is 3.99. The summed E-state index contributed by atoms with van der Waals surface area (Å²) in [6, 6.07) is 13.3. The second-order valence-corrected chi connectivity index (χ2v) is 9.34. The van der Waals surface area contributed by atoms with Crippen molar-refractivity contribution in [3.63, 3.8) is 0 Å². The van der Waals surface area contributed by atoms with Gasteiger partial charge in [-0.05, 0) is 87.7 Å². The number of benzene rings is 2. The Morgan fingerprint density at radius 2 is 1.82 bits per heavy atom. The van der Waals surface area contributed by atoms with Crippen molar-refractivity contribution in [3.05, 3.63) is 65.9 Å². The number of nitrogens with one attached hydrogen (secondary N) is 1. The number of likely N-dealkylation sites (tertiary alicyclic amines) is 1. The minimum absolute atomic E-state index is 0.152. The number of likely N-dealkylation sites (N-methyl/N-ethyl adjacent to an activating group) is 1. The third kappa shape index (κ3) is 11.4. The summed E-state index contributed by atoms with van der Waals surface area (Å²) in [7, 11) is 5.65. The summed E-state index contributed by atoms with van der Waals surface area (Å²) in [5.41, 5.74) is 3.30. The van der Waals surface area contributed by atoms with E-state index in [0.29, 0.717) is 26.1 Å². The summed E-state index contributed by atoms with van der Waals surface area (Å²) in [5, 5.41) is 3.12. The van der Waals surface area contributed by atoms with Crippen LogP contribution < -0.4 is 19.5 Å². The molecule has 0 saturated carbocycles. The molecule has 2 aliphatic heterocycles. The molecule has 1 fully saturated rings. The van der Waals surface area contributed by atoms with Gasteiger partial charge < -0.3 is 29.2 Å². The van der Waals surface area contributed by atoms with Crippen molar-refractivity contribution in [2.24, 2.45) is 0 Å². The SMILES string of the molecule is C=C1CCCN1C.CNCCc1ccc2c(c1)OCCO2.COc1ccc(C(=O)CCCCCC=O)cc1. The molecule has 0 spiro atoms. The zero-order valence-electron chi connectivity index (χ0n) is 23.3. The number of methoxy groups -OCH3 is 1. The van der Waals surface area contributed by atoms with E-state index in [4.69, 9.17) is 14.2 Å². The van der Waals surface area contributed by atoms with Crippen LogP contribution in [-0.4, -0.2) is 64.5 Å². The van der Waals surface area contributed by atoms with Gasteiger partial charge in [0.2, 0.25) is 0 Å². The molecule has 208 valence electrons. The van der Waals surface area contributed by atoms with Gasteiger partial charge in [-0.3, -0.25) is 4.79 Å². The van der Waals surface area contributed by atoms with E-state index >= 15 is 0 Å². The molecule has 0 bridgehead atoms. The molecule has 38 heavy (non-hydrogen) atoms. The van der Waals surface area contributed by atoms with Crippen molar-refractivity contribution in [2.45, 2.75) is 51.4 Å². The molecule has 0 amide bonds. The van der Waals surface area contributed by atoms with Gasteiger partial charge in [0, 0.05) is 37.7 Å². The van der Waals surface area contributed by atoms with Gasteiger partial charge in [-0.2, -0.15) is 0 Å². The lowest BCUT2D eigenvalue weighted by atomic mass is 10.0. The average Bonchev–Trinajstić information content (AvgIpc) is 3.34. The zero-order chi connectivity index (χ0) is 27.6. The quantitative estimate of drug-likeness (QED) is 0.237. The van der Waals surface area contributed by atoms with Crippen LogP contribution in [0.2, 0.25) is 0 Å². The van der Waals surface area contributed by atoms with Crippen molar-refractivity contribution in [2.75, 3.05) is 47.5 Å². The van der Waals surface area contributed by atoms with Crippen LogP contribution in [0.15, 0.2) is 54.7 Å². The van der Waals surface area contributed by atoms with Crippen LogP contribution in [0.5, 0.6) is 17.2 Å². The van der Waals surface area contributed by atoms with Crippen molar-refractivity contribution in [1.29, 1.82) is 0 Å². The average molecular weight is 525 g/mol. The number of ketones is 1. The Bertz CT molecular complexity index is 990. The first-order valence-corrected chi connectivity index (χ1v) is 13.5. The number of unbranched alkanes of at least 4 members (excludes halogenated alkanes) is 3.